The number of imidazole rings is 1. The number of nitrogens with one attached hydrogen (secondary N) is 3. The molecule has 2 aromatic rings. The highest BCUT2D eigenvalue weighted by molar-refractivity contribution is 7.89. The molecule has 0 aliphatic rings. The summed E-state index contributed by atoms with van der Waals surface area (Å²) in [4.78, 5) is 10.9. The Morgan fingerprint density at radius 3 is 2.85 bits per heavy atom. The Kier molecular flexibility index (Phi) is 4.35. The van der Waals surface area contributed by atoms with Crippen LogP contribution in [-0.2, 0) is 10.0 Å². The van der Waals surface area contributed by atoms with Gasteiger partial charge in [0.1, 0.15) is 10.7 Å². The lowest BCUT2D eigenvalue weighted by Crippen LogP contribution is -2.28. The van der Waals surface area contributed by atoms with Crippen LogP contribution in [0.4, 0.5) is 5.69 Å². The molecule has 0 saturated carbocycles. The van der Waals surface area contributed by atoms with Crippen LogP contribution in [0.5, 0.6) is 0 Å². The smallest absolute Gasteiger partial charge is 0.244 e. The molecule has 0 aliphatic carbocycles. The van der Waals surface area contributed by atoms with Gasteiger partial charge in [-0.05, 0) is 19.9 Å². The van der Waals surface area contributed by atoms with Crippen molar-refractivity contribution in [2.75, 3.05) is 11.9 Å². The van der Waals surface area contributed by atoms with Crippen molar-refractivity contribution in [2.24, 2.45) is 0 Å². The highest BCUT2D eigenvalue weighted by Gasteiger charge is 2.22. The molecule has 2 rings (SSSR count). The summed E-state index contributed by atoms with van der Waals surface area (Å²) in [6.07, 6.45) is 6.10. The maximum absolute atomic E-state index is 12.4. The lowest BCUT2D eigenvalue weighted by Gasteiger charge is -2.14. The van der Waals surface area contributed by atoms with Crippen LogP contribution in [0.15, 0.2) is 35.7 Å². The van der Waals surface area contributed by atoms with Crippen LogP contribution in [0.1, 0.15) is 25.7 Å². The highest BCUT2D eigenvalue weighted by Crippen LogP contribution is 2.21. The van der Waals surface area contributed by atoms with Gasteiger partial charge in [0, 0.05) is 31.3 Å². The first-order valence-electron chi connectivity index (χ1n) is 6.24. The molecule has 7 nitrogen and oxygen atoms in total. The monoisotopic (exact) mass is 295 g/mol. The largest absolute Gasteiger partial charge is 0.384 e. The second-order valence-corrected chi connectivity index (χ2v) is 5.90. The van der Waals surface area contributed by atoms with Crippen LogP contribution < -0.4 is 10.0 Å². The summed E-state index contributed by atoms with van der Waals surface area (Å²) in [6, 6.07) is 1.18. The summed E-state index contributed by atoms with van der Waals surface area (Å²) in [5.74, 6) is 0.558. The number of H-pyrrole nitrogens is 1. The summed E-state index contributed by atoms with van der Waals surface area (Å²) >= 11 is 0. The van der Waals surface area contributed by atoms with E-state index in [4.69, 9.17) is 0 Å². The number of pyridine rings is 1. The van der Waals surface area contributed by atoms with Crippen LogP contribution in [-0.4, -0.2) is 29.9 Å². The first-order chi connectivity index (χ1) is 9.54. The van der Waals surface area contributed by atoms with E-state index < -0.39 is 16.1 Å². The third-order valence-electron chi connectivity index (χ3n) is 2.70. The lowest BCUT2D eigenvalue weighted by atomic mass is 10.3. The SMILES string of the molecule is CCNc1ccncc1S(=O)(=O)NC(C)c1ncc[nH]1. The lowest BCUT2D eigenvalue weighted by molar-refractivity contribution is 0.561. The Hall–Kier alpha value is -1.93. The van der Waals surface area contributed by atoms with Crippen molar-refractivity contribution in [1.29, 1.82) is 0 Å². The first-order valence-corrected chi connectivity index (χ1v) is 7.72. The predicted octanol–water partition coefficient (Wildman–Crippen LogP) is 1.28. The van der Waals surface area contributed by atoms with Crippen LogP contribution in [0.3, 0.4) is 0 Å². The van der Waals surface area contributed by atoms with Crippen molar-refractivity contribution in [3.05, 3.63) is 36.7 Å². The van der Waals surface area contributed by atoms with E-state index in [-0.39, 0.29) is 4.90 Å². The maximum Gasteiger partial charge on any atom is 0.244 e. The quantitative estimate of drug-likeness (QED) is 0.745. The minimum atomic E-state index is -3.67. The molecule has 0 fully saturated rings. The van der Waals surface area contributed by atoms with Crippen LogP contribution in [0.2, 0.25) is 0 Å². The van der Waals surface area contributed by atoms with Gasteiger partial charge >= 0.3 is 0 Å². The number of sulfonamides is 1. The molecule has 3 N–H and O–H groups in total. The van der Waals surface area contributed by atoms with Gasteiger partial charge in [-0.25, -0.2) is 18.1 Å². The Morgan fingerprint density at radius 2 is 2.20 bits per heavy atom. The summed E-state index contributed by atoms with van der Waals surface area (Å²) in [6.45, 7) is 4.25. The third kappa shape index (κ3) is 3.14. The number of rotatable bonds is 6. The number of anilines is 1. The van der Waals surface area contributed by atoms with E-state index in [1.165, 1.54) is 6.20 Å². The molecule has 0 spiro atoms. The van der Waals surface area contributed by atoms with E-state index in [1.807, 2.05) is 6.92 Å². The van der Waals surface area contributed by atoms with Crippen molar-refractivity contribution in [2.45, 2.75) is 24.8 Å². The van der Waals surface area contributed by atoms with Gasteiger partial charge in [0.25, 0.3) is 0 Å². The Bertz CT molecular complexity index is 654. The summed E-state index contributed by atoms with van der Waals surface area (Å²) in [7, 11) is -3.67. The van der Waals surface area contributed by atoms with E-state index in [0.717, 1.165) is 0 Å². The van der Waals surface area contributed by atoms with Crippen LogP contribution in [0, 0.1) is 0 Å². The van der Waals surface area contributed by atoms with E-state index >= 15 is 0 Å². The van der Waals surface area contributed by atoms with Crippen molar-refractivity contribution >= 4 is 15.7 Å². The highest BCUT2D eigenvalue weighted by atomic mass is 32.2. The molecule has 0 bridgehead atoms. The molecule has 0 amide bonds. The summed E-state index contributed by atoms with van der Waals surface area (Å²) in [5.41, 5.74) is 0.529. The average Bonchev–Trinajstić information content (AvgIpc) is 2.93. The Labute approximate surface area is 117 Å². The van der Waals surface area contributed by atoms with Crippen LogP contribution >= 0.6 is 0 Å². The van der Waals surface area contributed by atoms with Crippen molar-refractivity contribution in [3.8, 4) is 0 Å². The first kappa shape index (κ1) is 14.5. The molecule has 0 radical (unpaired) electrons. The molecule has 2 heterocycles. The normalized spacial score (nSPS) is 13.1. The summed E-state index contributed by atoms with van der Waals surface area (Å²) in [5, 5.41) is 3.01. The zero-order valence-electron chi connectivity index (χ0n) is 11.3. The number of nitrogens with zero attached hydrogens (tertiary/aromatic N) is 2. The van der Waals surface area contributed by atoms with Gasteiger partial charge in [0.05, 0.1) is 11.7 Å². The van der Waals surface area contributed by atoms with Gasteiger partial charge in [0.2, 0.25) is 10.0 Å². The van der Waals surface area contributed by atoms with Crippen LogP contribution in [0.25, 0.3) is 0 Å². The maximum atomic E-state index is 12.4. The molecule has 20 heavy (non-hydrogen) atoms. The summed E-state index contributed by atoms with van der Waals surface area (Å²) < 4.78 is 27.4. The predicted molar refractivity (Wildman–Crippen MR) is 75.7 cm³/mol. The van der Waals surface area contributed by atoms with E-state index in [2.05, 4.69) is 25.0 Å². The van der Waals surface area contributed by atoms with Crippen molar-refractivity contribution in [1.82, 2.24) is 19.7 Å². The van der Waals surface area contributed by atoms with Gasteiger partial charge in [0.15, 0.2) is 0 Å². The second kappa shape index (κ2) is 6.02. The Balaban J connectivity index is 2.27. The molecule has 0 aliphatic heterocycles. The van der Waals surface area contributed by atoms with Gasteiger partial charge in [-0.1, -0.05) is 0 Å². The fourth-order valence-electron chi connectivity index (χ4n) is 1.80. The number of aromatic nitrogens is 3. The topological polar surface area (TPSA) is 99.8 Å². The second-order valence-electron chi connectivity index (χ2n) is 4.22. The molecule has 8 heteroatoms. The fraction of sp³-hybridized carbons (Fsp3) is 0.333. The molecule has 108 valence electrons. The van der Waals surface area contributed by atoms with Gasteiger partial charge < -0.3 is 10.3 Å². The average molecular weight is 295 g/mol. The fourth-order valence-corrected chi connectivity index (χ4v) is 3.13. The standard InChI is InChI=1S/C12H17N5O2S/c1-3-14-10-4-5-13-8-11(10)20(18,19)17-9(2)12-15-6-7-16-12/h4-9,17H,3H2,1-2H3,(H,13,14)(H,15,16). The van der Waals surface area contributed by atoms with Crippen molar-refractivity contribution in [3.63, 3.8) is 0 Å². The molecule has 0 saturated heterocycles. The zero-order chi connectivity index (χ0) is 14.6. The molecular weight excluding hydrogens is 278 g/mol. The van der Waals surface area contributed by atoms with Gasteiger partial charge in [-0.3, -0.25) is 4.98 Å². The molecular formula is C12H17N5O2S. The van der Waals surface area contributed by atoms with E-state index in [0.29, 0.717) is 18.1 Å². The number of hydrogen-bond donors (Lipinski definition) is 3. The van der Waals surface area contributed by atoms with E-state index in [9.17, 15) is 8.42 Å². The molecule has 2 aromatic heterocycles. The molecule has 0 aromatic carbocycles. The zero-order valence-corrected chi connectivity index (χ0v) is 12.1. The third-order valence-corrected chi connectivity index (χ3v) is 4.27. The van der Waals surface area contributed by atoms with Gasteiger partial charge in [-0.2, -0.15) is 0 Å². The number of hydrogen-bond acceptors (Lipinski definition) is 5. The molecule has 1 unspecified atom stereocenters. The van der Waals surface area contributed by atoms with Gasteiger partial charge in [-0.15, -0.1) is 0 Å². The minimum absolute atomic E-state index is 0.125. The Morgan fingerprint density at radius 1 is 1.40 bits per heavy atom. The number of aromatic amines is 1. The molecule has 1 atom stereocenters. The van der Waals surface area contributed by atoms with Crippen molar-refractivity contribution < 1.29 is 8.42 Å². The minimum Gasteiger partial charge on any atom is -0.384 e. The van der Waals surface area contributed by atoms with E-state index in [1.54, 1.807) is 31.6 Å².